The average molecular weight is 339 g/mol. The van der Waals surface area contributed by atoms with Crippen molar-refractivity contribution >= 4 is 5.97 Å². The Morgan fingerprint density at radius 2 is 1.92 bits per heavy atom. The lowest BCUT2D eigenvalue weighted by molar-refractivity contribution is -0.176. The van der Waals surface area contributed by atoms with Crippen molar-refractivity contribution in [1.82, 2.24) is 15.5 Å². The van der Waals surface area contributed by atoms with Gasteiger partial charge in [-0.2, -0.15) is 8.78 Å². The zero-order chi connectivity index (χ0) is 17.6. The van der Waals surface area contributed by atoms with Crippen LogP contribution in [0.3, 0.4) is 0 Å². The molecule has 1 atom stereocenters. The molecule has 1 unspecified atom stereocenters. The van der Waals surface area contributed by atoms with Gasteiger partial charge in [0.1, 0.15) is 6.04 Å². The zero-order valence-corrected chi connectivity index (χ0v) is 13.5. The first-order valence-corrected chi connectivity index (χ1v) is 7.63. The fourth-order valence-electron chi connectivity index (χ4n) is 2.14. The molecule has 1 aromatic heterocycles. The molecule has 0 bridgehead atoms. The van der Waals surface area contributed by atoms with E-state index < -0.39 is 17.9 Å². The van der Waals surface area contributed by atoms with Crippen LogP contribution in [0.1, 0.15) is 37.2 Å². The second-order valence-electron chi connectivity index (χ2n) is 5.01. The Morgan fingerprint density at radius 1 is 1.25 bits per heavy atom. The average Bonchev–Trinajstić information content (AvgIpc) is 3.04. The third-order valence-corrected chi connectivity index (χ3v) is 3.31. The van der Waals surface area contributed by atoms with Crippen LogP contribution in [-0.4, -0.2) is 28.7 Å². The first-order chi connectivity index (χ1) is 11.5. The van der Waals surface area contributed by atoms with Gasteiger partial charge < -0.3 is 9.15 Å². The normalized spacial score (nSPS) is 12.8. The minimum Gasteiger partial charge on any atom is -0.462 e. The zero-order valence-electron chi connectivity index (χ0n) is 13.5. The van der Waals surface area contributed by atoms with Crippen LogP contribution >= 0.6 is 0 Å². The lowest BCUT2D eigenvalue weighted by Gasteiger charge is -2.26. The van der Waals surface area contributed by atoms with Crippen molar-refractivity contribution in [3.8, 4) is 0 Å². The molecule has 0 saturated heterocycles. The molecule has 8 heteroatoms. The predicted octanol–water partition coefficient (Wildman–Crippen LogP) is 2.66. The highest BCUT2D eigenvalue weighted by molar-refractivity contribution is 5.79. The number of aryl methyl sites for hydroxylation is 1. The minimum absolute atomic E-state index is 0.0957. The minimum atomic E-state index is -3.75. The molecule has 1 aromatic carbocycles. The summed E-state index contributed by atoms with van der Waals surface area (Å²) in [6, 6.07) is 6.39. The lowest BCUT2D eigenvalue weighted by atomic mass is 10.0. The Labute approximate surface area is 138 Å². The summed E-state index contributed by atoms with van der Waals surface area (Å²) < 4.78 is 38.8. The number of aromatic nitrogens is 2. The molecule has 1 heterocycles. The maximum atomic E-state index is 14.5. The number of carbonyl (C=O) groups excluding carboxylic acids is 1. The number of nitrogens with zero attached hydrogens (tertiary/aromatic N) is 2. The molecule has 0 aliphatic heterocycles. The molecule has 0 amide bonds. The fraction of sp³-hybridized carbons (Fsp3) is 0.438. The number of hydrogen-bond acceptors (Lipinski definition) is 6. The van der Waals surface area contributed by atoms with Crippen molar-refractivity contribution in [2.75, 3.05) is 6.61 Å². The first-order valence-electron chi connectivity index (χ1n) is 7.63. The van der Waals surface area contributed by atoms with Gasteiger partial charge in [-0.1, -0.05) is 37.3 Å². The van der Waals surface area contributed by atoms with Gasteiger partial charge in [0.15, 0.2) is 0 Å². The van der Waals surface area contributed by atoms with Crippen LogP contribution in [0.4, 0.5) is 8.78 Å². The molecule has 0 aliphatic carbocycles. The Balaban J connectivity index is 2.21. The summed E-state index contributed by atoms with van der Waals surface area (Å²) in [5.41, 5.74) is 0.255. The number of esters is 1. The quantitative estimate of drug-likeness (QED) is 0.745. The van der Waals surface area contributed by atoms with Gasteiger partial charge >= 0.3 is 11.9 Å². The molecule has 2 aromatic rings. The molecule has 1 N–H and O–H groups in total. The van der Waals surface area contributed by atoms with Crippen LogP contribution in [0, 0.1) is 0 Å². The van der Waals surface area contributed by atoms with Crippen molar-refractivity contribution < 1.29 is 22.7 Å². The maximum absolute atomic E-state index is 14.5. The molecular formula is C16H19F2N3O3. The molecule has 0 fully saturated rings. The highest BCUT2D eigenvalue weighted by Gasteiger charge is 2.49. The number of halogens is 2. The van der Waals surface area contributed by atoms with E-state index >= 15 is 0 Å². The Hall–Kier alpha value is -2.35. The van der Waals surface area contributed by atoms with Crippen molar-refractivity contribution in [1.29, 1.82) is 0 Å². The number of carbonyl (C=O) groups is 1. The summed E-state index contributed by atoms with van der Waals surface area (Å²) in [4.78, 5) is 11.7. The van der Waals surface area contributed by atoms with Gasteiger partial charge in [0, 0.05) is 6.42 Å². The Morgan fingerprint density at radius 3 is 2.50 bits per heavy atom. The van der Waals surface area contributed by atoms with Crippen LogP contribution in [0.5, 0.6) is 0 Å². The van der Waals surface area contributed by atoms with Gasteiger partial charge in [0.25, 0.3) is 0 Å². The molecule has 0 saturated carbocycles. The molecule has 24 heavy (non-hydrogen) atoms. The SMILES string of the molecule is CCOC(=O)C(F)(F)C(NCc1nnc(CC)o1)c1ccccc1. The number of hydrogen-bond donors (Lipinski definition) is 1. The third kappa shape index (κ3) is 4.14. The Kier molecular flexibility index (Phi) is 5.97. The molecule has 6 nitrogen and oxygen atoms in total. The number of alkyl halides is 2. The largest absolute Gasteiger partial charge is 0.462 e. The van der Waals surface area contributed by atoms with E-state index in [0.29, 0.717) is 12.3 Å². The third-order valence-electron chi connectivity index (χ3n) is 3.31. The summed E-state index contributed by atoms with van der Waals surface area (Å²) in [5.74, 6) is -4.73. The van der Waals surface area contributed by atoms with E-state index in [9.17, 15) is 13.6 Å². The van der Waals surface area contributed by atoms with E-state index in [1.54, 1.807) is 18.2 Å². The van der Waals surface area contributed by atoms with E-state index in [1.807, 2.05) is 6.92 Å². The molecule has 0 aliphatic rings. The first kappa shape index (κ1) is 18.0. The highest BCUT2D eigenvalue weighted by atomic mass is 19.3. The molecule has 130 valence electrons. The number of rotatable bonds is 8. The van der Waals surface area contributed by atoms with Gasteiger partial charge in [-0.05, 0) is 12.5 Å². The van der Waals surface area contributed by atoms with E-state index in [2.05, 4.69) is 20.3 Å². The number of benzene rings is 1. The molecule has 0 radical (unpaired) electrons. The summed E-state index contributed by atoms with van der Waals surface area (Å²) in [7, 11) is 0. The van der Waals surface area contributed by atoms with Crippen molar-refractivity contribution in [3.63, 3.8) is 0 Å². The van der Waals surface area contributed by atoms with Crippen molar-refractivity contribution in [3.05, 3.63) is 47.7 Å². The fourth-order valence-corrected chi connectivity index (χ4v) is 2.14. The van der Waals surface area contributed by atoms with Gasteiger partial charge in [0.2, 0.25) is 11.8 Å². The van der Waals surface area contributed by atoms with Crippen molar-refractivity contribution in [2.45, 2.75) is 38.8 Å². The summed E-state index contributed by atoms with van der Waals surface area (Å²) in [6.07, 6.45) is 0.550. The second kappa shape index (κ2) is 7.96. The smallest absolute Gasteiger partial charge is 0.379 e. The molecular weight excluding hydrogens is 320 g/mol. The monoisotopic (exact) mass is 339 g/mol. The number of ether oxygens (including phenoxy) is 1. The van der Waals surface area contributed by atoms with Crippen LogP contribution in [0.25, 0.3) is 0 Å². The lowest BCUT2D eigenvalue weighted by Crippen LogP contribution is -2.44. The highest BCUT2D eigenvalue weighted by Crippen LogP contribution is 2.33. The Bertz CT molecular complexity index is 662. The summed E-state index contributed by atoms with van der Waals surface area (Å²) >= 11 is 0. The van der Waals surface area contributed by atoms with Crippen LogP contribution < -0.4 is 5.32 Å². The van der Waals surface area contributed by atoms with Crippen molar-refractivity contribution in [2.24, 2.45) is 0 Å². The topological polar surface area (TPSA) is 77.2 Å². The van der Waals surface area contributed by atoms with Gasteiger partial charge in [-0.25, -0.2) is 4.79 Å². The van der Waals surface area contributed by atoms with E-state index in [-0.39, 0.29) is 24.6 Å². The predicted molar refractivity (Wildman–Crippen MR) is 81.3 cm³/mol. The summed E-state index contributed by atoms with van der Waals surface area (Å²) in [5, 5.41) is 10.2. The van der Waals surface area contributed by atoms with Crippen LogP contribution in [0.15, 0.2) is 34.7 Å². The second-order valence-corrected chi connectivity index (χ2v) is 5.01. The molecule has 2 rings (SSSR count). The van der Waals surface area contributed by atoms with Crippen LogP contribution in [0.2, 0.25) is 0 Å². The summed E-state index contributed by atoms with van der Waals surface area (Å²) in [6.45, 7) is 3.09. The van der Waals surface area contributed by atoms with Gasteiger partial charge in [0.05, 0.1) is 13.2 Å². The molecule has 0 spiro atoms. The standard InChI is InChI=1S/C16H19F2N3O3/c1-3-12-20-21-13(24-12)10-19-14(11-8-6-5-7-9-11)16(17,18)15(22)23-4-2/h5-9,14,19H,3-4,10H2,1-2H3. The van der Waals surface area contributed by atoms with Crippen LogP contribution in [-0.2, 0) is 22.5 Å². The van der Waals surface area contributed by atoms with Gasteiger partial charge in [-0.15, -0.1) is 10.2 Å². The number of nitrogens with one attached hydrogen (secondary N) is 1. The van der Waals surface area contributed by atoms with E-state index in [4.69, 9.17) is 4.42 Å². The van der Waals surface area contributed by atoms with Gasteiger partial charge in [-0.3, -0.25) is 5.32 Å². The van der Waals surface area contributed by atoms with E-state index in [1.165, 1.54) is 19.1 Å². The van der Waals surface area contributed by atoms with E-state index in [0.717, 1.165) is 0 Å². The maximum Gasteiger partial charge on any atom is 0.379 e.